The second-order valence-electron chi connectivity index (χ2n) is 17.5. The van der Waals surface area contributed by atoms with Crippen molar-refractivity contribution in [2.24, 2.45) is 0 Å². The summed E-state index contributed by atoms with van der Waals surface area (Å²) in [5.74, 6) is 0. The minimum absolute atomic E-state index is 0.0183. The molecule has 0 aliphatic rings. The molecule has 0 spiro atoms. The fraction of sp³-hybridized carbons (Fsp3) is 0.0323. The summed E-state index contributed by atoms with van der Waals surface area (Å²) in [6, 6.07) is 69.2. The first-order valence-corrected chi connectivity index (χ1v) is 22.8. The van der Waals surface area contributed by atoms with E-state index in [-0.39, 0.29) is 22.5 Å². The number of hydrogen-bond acceptors (Lipinski definition) is 0. The van der Waals surface area contributed by atoms with Crippen molar-refractivity contribution in [2.75, 3.05) is 0 Å². The quantitative estimate of drug-likeness (QED) is 0.141. The Morgan fingerprint density at radius 1 is 0.271 bits per heavy atom. The first-order valence-electron chi connectivity index (χ1n) is 22.8. The lowest BCUT2D eigenvalue weighted by Gasteiger charge is -2.25. The van der Waals surface area contributed by atoms with Gasteiger partial charge in [-0.1, -0.05) is 188 Å². The van der Waals surface area contributed by atoms with E-state index in [9.17, 15) is 13.2 Å². The van der Waals surface area contributed by atoms with Gasteiger partial charge in [0.1, 0.15) is 5.56 Å². The number of alkyl halides is 6. The molecule has 0 radical (unpaired) electrons. The highest BCUT2D eigenvalue weighted by molar-refractivity contribution is 6.13. The number of benzene rings is 10. The van der Waals surface area contributed by atoms with E-state index in [2.05, 4.69) is 0 Å². The van der Waals surface area contributed by atoms with Crippen LogP contribution in [0.4, 0.5) is 26.3 Å². The molecule has 8 heteroatoms. The second kappa shape index (κ2) is 16.6. The topological polar surface area (TPSA) is 9.86 Å². The number of nitrogens with zero attached hydrogens (tertiary/aromatic N) is 2. The summed E-state index contributed by atoms with van der Waals surface area (Å²) in [6.45, 7) is 0. The molecule has 2 aromatic heterocycles. The van der Waals surface area contributed by atoms with E-state index in [0.29, 0.717) is 32.8 Å². The summed E-state index contributed by atoms with van der Waals surface area (Å²) in [5.41, 5.74) is 6.08. The van der Waals surface area contributed by atoms with E-state index in [0.717, 1.165) is 67.4 Å². The molecule has 0 amide bonds. The predicted octanol–water partition coefficient (Wildman–Crippen LogP) is 18.3. The third kappa shape index (κ3) is 7.31. The molecule has 12 rings (SSSR count). The molecule has 10 aromatic carbocycles. The average molecular weight is 925 g/mol. The van der Waals surface area contributed by atoms with Gasteiger partial charge in [-0.2, -0.15) is 26.3 Å². The highest BCUT2D eigenvalue weighted by atomic mass is 19.4. The van der Waals surface area contributed by atoms with Crippen LogP contribution in [0.1, 0.15) is 11.1 Å². The molecule has 2 heterocycles. The summed E-state index contributed by atoms with van der Waals surface area (Å²) in [6.07, 6.45) is -9.84. The molecule has 0 aliphatic carbocycles. The van der Waals surface area contributed by atoms with Crippen molar-refractivity contribution in [1.82, 2.24) is 9.13 Å². The Hall–Kier alpha value is -8.62. The van der Waals surface area contributed by atoms with Crippen LogP contribution in [0.2, 0.25) is 0 Å². The molecule has 0 fully saturated rings. The molecular weight excluding hydrogens is 887 g/mol. The average Bonchev–Trinajstić information content (AvgIpc) is 3.89. The number of aromatic nitrogens is 2. The highest BCUT2D eigenvalue weighted by Crippen LogP contribution is 2.49. The maximum absolute atomic E-state index is 17.2. The van der Waals surface area contributed by atoms with Crippen molar-refractivity contribution in [3.05, 3.63) is 242 Å². The van der Waals surface area contributed by atoms with Crippen LogP contribution in [-0.4, -0.2) is 9.13 Å². The van der Waals surface area contributed by atoms with Gasteiger partial charge in [0.25, 0.3) is 0 Å². The second-order valence-corrected chi connectivity index (χ2v) is 17.5. The minimum atomic E-state index is -5.07. The third-order valence-corrected chi connectivity index (χ3v) is 13.4. The van der Waals surface area contributed by atoms with Crippen LogP contribution in [-0.2, 0) is 12.4 Å². The standard InChI is InChI=1S/C62H38F6N2/c63-61(64,65)48-23-13-22-47(34-48)49-32-33-54(69-55-35-43(39-14-5-1-6-15-39)24-28-50(55)51-29-25-44(36-56(51)69)40-16-7-2-8-17-40)59(62(66,67)68)60(49)70-57-37-45(41-18-9-3-10-19-41)26-30-52(57)53-31-27-46(38-58(53)70)42-20-11-4-12-21-42/h1-38H. The molecule has 0 unspecified atom stereocenters. The summed E-state index contributed by atoms with van der Waals surface area (Å²) < 4.78 is 98.9. The van der Waals surface area contributed by atoms with E-state index < -0.39 is 23.5 Å². The normalized spacial score (nSPS) is 12.1. The summed E-state index contributed by atoms with van der Waals surface area (Å²) in [5, 5.41) is 2.84. The number of hydrogen-bond donors (Lipinski definition) is 0. The molecule has 0 saturated heterocycles. The van der Waals surface area contributed by atoms with Gasteiger partial charge in [0.05, 0.1) is 39.0 Å². The first-order chi connectivity index (χ1) is 34.0. The zero-order valence-electron chi connectivity index (χ0n) is 37.1. The van der Waals surface area contributed by atoms with E-state index >= 15 is 13.2 Å². The monoisotopic (exact) mass is 924 g/mol. The van der Waals surface area contributed by atoms with Gasteiger partial charge >= 0.3 is 12.4 Å². The fourth-order valence-electron chi connectivity index (χ4n) is 10.2. The van der Waals surface area contributed by atoms with Gasteiger partial charge in [-0.05, 0) is 92.5 Å². The van der Waals surface area contributed by atoms with Crippen molar-refractivity contribution >= 4 is 43.6 Å². The van der Waals surface area contributed by atoms with Crippen LogP contribution in [0.3, 0.4) is 0 Å². The fourth-order valence-corrected chi connectivity index (χ4v) is 10.2. The van der Waals surface area contributed by atoms with Crippen LogP contribution >= 0.6 is 0 Å². The molecule has 338 valence electrons. The zero-order valence-corrected chi connectivity index (χ0v) is 37.1. The lowest BCUT2D eigenvalue weighted by atomic mass is 9.95. The van der Waals surface area contributed by atoms with E-state index in [4.69, 9.17) is 0 Å². The van der Waals surface area contributed by atoms with Gasteiger partial charge < -0.3 is 9.13 Å². The molecule has 0 atom stereocenters. The Balaban J connectivity index is 1.27. The van der Waals surface area contributed by atoms with Crippen molar-refractivity contribution in [3.63, 3.8) is 0 Å². The minimum Gasteiger partial charge on any atom is -0.309 e. The van der Waals surface area contributed by atoms with Crippen LogP contribution in [0.15, 0.2) is 231 Å². The van der Waals surface area contributed by atoms with Gasteiger partial charge in [0, 0.05) is 27.1 Å². The van der Waals surface area contributed by atoms with Crippen LogP contribution in [0.25, 0.3) is 111 Å². The third-order valence-electron chi connectivity index (χ3n) is 13.4. The van der Waals surface area contributed by atoms with Crippen LogP contribution in [0.5, 0.6) is 0 Å². The smallest absolute Gasteiger partial charge is 0.309 e. The van der Waals surface area contributed by atoms with E-state index in [1.165, 1.54) is 18.2 Å². The molecule has 70 heavy (non-hydrogen) atoms. The molecule has 0 N–H and O–H groups in total. The Bertz CT molecular complexity index is 3750. The molecule has 12 aromatic rings. The maximum atomic E-state index is 17.2. The van der Waals surface area contributed by atoms with Gasteiger partial charge in [0.15, 0.2) is 0 Å². The largest absolute Gasteiger partial charge is 0.420 e. The van der Waals surface area contributed by atoms with Crippen molar-refractivity contribution in [2.45, 2.75) is 12.4 Å². The highest BCUT2D eigenvalue weighted by Gasteiger charge is 2.41. The van der Waals surface area contributed by atoms with Crippen molar-refractivity contribution in [3.8, 4) is 67.0 Å². The zero-order chi connectivity index (χ0) is 47.7. The first kappa shape index (κ1) is 42.7. The van der Waals surface area contributed by atoms with Crippen molar-refractivity contribution in [1.29, 1.82) is 0 Å². The molecule has 0 saturated carbocycles. The van der Waals surface area contributed by atoms with Crippen LogP contribution < -0.4 is 0 Å². The Kier molecular flexibility index (Phi) is 10.1. The SMILES string of the molecule is FC(F)(F)c1cccc(-c2ccc(-n3c4cc(-c5ccccc5)ccc4c4ccc(-c5ccccc5)cc43)c(C(F)(F)F)c2-n2c3cc(-c4ccccc4)ccc3c3ccc(-c4ccccc4)cc32)c1. The van der Waals surface area contributed by atoms with Gasteiger partial charge in [-0.25, -0.2) is 0 Å². The van der Waals surface area contributed by atoms with Gasteiger partial charge in [-0.3, -0.25) is 0 Å². The lowest BCUT2D eigenvalue weighted by molar-refractivity contribution is -0.138. The molecule has 0 aliphatic heterocycles. The molecule has 2 nitrogen and oxygen atoms in total. The van der Waals surface area contributed by atoms with E-state index in [1.54, 1.807) is 15.2 Å². The lowest BCUT2D eigenvalue weighted by Crippen LogP contribution is -2.17. The molecular formula is C62H38F6N2. The Morgan fingerprint density at radius 2 is 0.629 bits per heavy atom. The van der Waals surface area contributed by atoms with E-state index in [1.807, 2.05) is 194 Å². The number of rotatable bonds is 7. The molecule has 0 bridgehead atoms. The van der Waals surface area contributed by atoms with Crippen LogP contribution in [0, 0.1) is 0 Å². The van der Waals surface area contributed by atoms with Gasteiger partial charge in [0.2, 0.25) is 0 Å². The summed E-state index contributed by atoms with van der Waals surface area (Å²) >= 11 is 0. The van der Waals surface area contributed by atoms with Crippen molar-refractivity contribution < 1.29 is 26.3 Å². The Labute approximate surface area is 398 Å². The summed E-state index contributed by atoms with van der Waals surface area (Å²) in [4.78, 5) is 0. The Morgan fingerprint density at radius 3 is 0.986 bits per heavy atom. The van der Waals surface area contributed by atoms with Gasteiger partial charge in [-0.15, -0.1) is 0 Å². The number of fused-ring (bicyclic) bond motifs is 6. The number of halogens is 6. The predicted molar refractivity (Wildman–Crippen MR) is 272 cm³/mol. The summed E-state index contributed by atoms with van der Waals surface area (Å²) in [7, 11) is 0. The maximum Gasteiger partial charge on any atom is 0.420 e.